The summed E-state index contributed by atoms with van der Waals surface area (Å²) in [7, 11) is 0. The summed E-state index contributed by atoms with van der Waals surface area (Å²) in [4.78, 5) is 40.7. The van der Waals surface area contributed by atoms with Gasteiger partial charge in [-0.05, 0) is 31.0 Å². The average molecular weight is 645 g/mol. The highest BCUT2D eigenvalue weighted by Gasteiger charge is 2.27. The lowest BCUT2D eigenvalue weighted by Gasteiger charge is -2.22. The number of nitrogens with one attached hydrogen (secondary N) is 2. The van der Waals surface area contributed by atoms with Crippen molar-refractivity contribution in [1.29, 1.82) is 0 Å². The van der Waals surface area contributed by atoms with Gasteiger partial charge in [0.1, 0.15) is 0 Å². The number of aromatic nitrogens is 4. The molecule has 0 fully saturated rings. The minimum atomic E-state index is -0.542. The first-order valence-electron chi connectivity index (χ1n) is 12.3. The molecule has 0 aliphatic heterocycles. The number of non-ortho nitro benzene ring substituents is 1. The lowest BCUT2D eigenvalue weighted by atomic mass is 10.0. The number of amides is 2. The number of nitro groups is 1. The van der Waals surface area contributed by atoms with E-state index in [1.54, 1.807) is 0 Å². The molecule has 40 heavy (non-hydrogen) atoms. The summed E-state index contributed by atoms with van der Waals surface area (Å²) in [6.07, 6.45) is 0. The van der Waals surface area contributed by atoms with Crippen LogP contribution in [-0.4, -0.2) is 42.2 Å². The number of nitrogens with zero attached hydrogens (tertiary/aromatic N) is 5. The van der Waals surface area contributed by atoms with E-state index in [-0.39, 0.29) is 28.8 Å². The molecule has 2 aromatic carbocycles. The Morgan fingerprint density at radius 2 is 1.93 bits per heavy atom. The molecule has 0 aliphatic rings. The molecule has 1 atom stereocenters. The molecule has 2 amide bonds. The second-order valence-corrected chi connectivity index (χ2v) is 11.7. The van der Waals surface area contributed by atoms with Gasteiger partial charge in [-0.3, -0.25) is 19.7 Å². The molecule has 0 saturated carbocycles. The van der Waals surface area contributed by atoms with Gasteiger partial charge in [-0.25, -0.2) is 4.98 Å². The van der Waals surface area contributed by atoms with Crippen molar-refractivity contribution in [2.24, 2.45) is 5.92 Å². The Morgan fingerprint density at radius 1 is 1.18 bits per heavy atom. The molecule has 0 aliphatic carbocycles. The number of hydrogen-bond acceptors (Lipinski definition) is 9. The van der Waals surface area contributed by atoms with E-state index in [1.807, 2.05) is 55.0 Å². The van der Waals surface area contributed by atoms with Gasteiger partial charge in [-0.1, -0.05) is 59.7 Å². The number of thioether (sulfide) groups is 1. The van der Waals surface area contributed by atoms with E-state index in [4.69, 9.17) is 0 Å². The van der Waals surface area contributed by atoms with Crippen LogP contribution in [0.2, 0.25) is 0 Å². The maximum absolute atomic E-state index is 13.0. The molecule has 0 bridgehead atoms. The Balaban J connectivity index is 1.41. The normalized spacial score (nSPS) is 11.8. The van der Waals surface area contributed by atoms with Gasteiger partial charge in [-0.15, -0.1) is 21.5 Å². The number of rotatable bonds is 11. The zero-order chi connectivity index (χ0) is 28.8. The molecule has 0 saturated heterocycles. The number of carbonyl (C=O) groups excluding carboxylic acids is 2. The Morgan fingerprint density at radius 3 is 2.60 bits per heavy atom. The maximum atomic E-state index is 13.0. The van der Waals surface area contributed by atoms with Crippen molar-refractivity contribution in [1.82, 2.24) is 25.1 Å². The highest BCUT2D eigenvalue weighted by atomic mass is 79.9. The van der Waals surface area contributed by atoms with E-state index in [9.17, 15) is 19.7 Å². The van der Waals surface area contributed by atoms with Gasteiger partial charge in [0.15, 0.2) is 16.1 Å². The van der Waals surface area contributed by atoms with Gasteiger partial charge in [0.05, 0.1) is 22.4 Å². The van der Waals surface area contributed by atoms with Crippen LogP contribution >= 0.6 is 39.0 Å². The van der Waals surface area contributed by atoms with Gasteiger partial charge in [0.2, 0.25) is 5.91 Å². The largest absolute Gasteiger partial charge is 0.342 e. The molecule has 0 unspecified atom stereocenters. The van der Waals surface area contributed by atoms with Crippen LogP contribution in [0.15, 0.2) is 63.5 Å². The number of anilines is 1. The molecule has 0 spiro atoms. The Labute approximate surface area is 247 Å². The van der Waals surface area contributed by atoms with Crippen molar-refractivity contribution in [3.05, 3.63) is 79.9 Å². The van der Waals surface area contributed by atoms with Crippen LogP contribution in [0.4, 0.5) is 10.8 Å². The SMILES string of the molecule is CCn1c(SCC(=O)Nc2nc(-c3ccc(Br)cc3)cs2)nnc1[C@H](NC(=O)c1cccc([N+](=O)[O-])c1)C(C)C. The number of hydrogen-bond donors (Lipinski definition) is 2. The fraction of sp³-hybridized carbons (Fsp3) is 0.269. The van der Waals surface area contributed by atoms with E-state index in [1.165, 1.54) is 47.4 Å². The smallest absolute Gasteiger partial charge is 0.270 e. The van der Waals surface area contributed by atoms with Gasteiger partial charge in [0, 0.05) is 39.7 Å². The van der Waals surface area contributed by atoms with E-state index in [2.05, 4.69) is 41.7 Å². The predicted octanol–water partition coefficient (Wildman–Crippen LogP) is 5.95. The maximum Gasteiger partial charge on any atom is 0.270 e. The lowest BCUT2D eigenvalue weighted by molar-refractivity contribution is -0.384. The van der Waals surface area contributed by atoms with Gasteiger partial charge in [-0.2, -0.15) is 0 Å². The second kappa shape index (κ2) is 13.2. The van der Waals surface area contributed by atoms with Crippen molar-refractivity contribution < 1.29 is 14.5 Å². The molecule has 4 rings (SSSR count). The molecule has 0 radical (unpaired) electrons. The molecular weight excluding hydrogens is 618 g/mol. The third-order valence-electron chi connectivity index (χ3n) is 5.84. The lowest BCUT2D eigenvalue weighted by Crippen LogP contribution is -2.33. The zero-order valence-corrected chi connectivity index (χ0v) is 25.0. The molecule has 208 valence electrons. The summed E-state index contributed by atoms with van der Waals surface area (Å²) in [6.45, 7) is 6.31. The molecule has 4 aromatic rings. The fourth-order valence-corrected chi connectivity index (χ4v) is 5.63. The molecule has 11 nitrogen and oxygen atoms in total. The van der Waals surface area contributed by atoms with Crippen LogP contribution in [0, 0.1) is 16.0 Å². The van der Waals surface area contributed by atoms with Crippen molar-refractivity contribution >= 4 is 61.7 Å². The Bertz CT molecular complexity index is 1520. The number of carbonyl (C=O) groups is 2. The van der Waals surface area contributed by atoms with Crippen molar-refractivity contribution in [3.63, 3.8) is 0 Å². The second-order valence-electron chi connectivity index (χ2n) is 8.97. The summed E-state index contributed by atoms with van der Waals surface area (Å²) >= 11 is 6.00. The Hall–Kier alpha value is -3.62. The molecule has 2 heterocycles. The van der Waals surface area contributed by atoms with Crippen molar-refractivity contribution in [3.8, 4) is 11.3 Å². The minimum Gasteiger partial charge on any atom is -0.342 e. The topological polar surface area (TPSA) is 145 Å². The number of halogens is 1. The van der Waals surface area contributed by atoms with Gasteiger partial charge < -0.3 is 15.2 Å². The molecule has 14 heteroatoms. The highest BCUT2D eigenvalue weighted by molar-refractivity contribution is 9.10. The van der Waals surface area contributed by atoms with Gasteiger partial charge in [0.25, 0.3) is 11.6 Å². The first-order valence-corrected chi connectivity index (χ1v) is 14.9. The Kier molecular flexibility index (Phi) is 9.66. The summed E-state index contributed by atoms with van der Waals surface area (Å²) in [6, 6.07) is 12.8. The van der Waals surface area contributed by atoms with Crippen LogP contribution < -0.4 is 10.6 Å². The van der Waals surface area contributed by atoms with E-state index < -0.39 is 16.9 Å². The van der Waals surface area contributed by atoms with Crippen molar-refractivity contribution in [2.45, 2.75) is 38.5 Å². The number of nitro benzene ring substituents is 1. The quantitative estimate of drug-likeness (QED) is 0.116. The minimum absolute atomic E-state index is 0.0527. The number of thiazole rings is 1. The summed E-state index contributed by atoms with van der Waals surface area (Å²) in [5.74, 6) is -0.0974. The van der Waals surface area contributed by atoms with Crippen LogP contribution in [0.25, 0.3) is 11.3 Å². The van der Waals surface area contributed by atoms with Crippen molar-refractivity contribution in [2.75, 3.05) is 11.1 Å². The summed E-state index contributed by atoms with van der Waals surface area (Å²) < 4.78 is 2.83. The monoisotopic (exact) mass is 643 g/mol. The summed E-state index contributed by atoms with van der Waals surface area (Å²) in [5.41, 5.74) is 1.75. The van der Waals surface area contributed by atoms with Gasteiger partial charge >= 0.3 is 0 Å². The molecule has 2 aromatic heterocycles. The molecular formula is C26H26BrN7O4S2. The van der Waals surface area contributed by atoms with Crippen LogP contribution in [-0.2, 0) is 11.3 Å². The first kappa shape index (κ1) is 29.4. The standard InChI is InChI=1S/C26H26BrN7O4S2/c1-4-33-23(22(15(2)3)30-24(36)17-6-5-7-19(12-17)34(37)38)31-32-26(33)40-14-21(35)29-25-28-20(13-39-25)16-8-10-18(27)11-9-16/h5-13,15,22H,4,14H2,1-3H3,(H,30,36)(H,28,29,35)/t22-/m1/s1. The van der Waals surface area contributed by atoms with Crippen LogP contribution in [0.1, 0.15) is 43.0 Å². The van der Waals surface area contributed by atoms with E-state index in [0.29, 0.717) is 22.7 Å². The summed E-state index contributed by atoms with van der Waals surface area (Å²) in [5, 5.41) is 28.4. The zero-order valence-electron chi connectivity index (χ0n) is 21.8. The van der Waals surface area contributed by atoms with Crippen LogP contribution in [0.3, 0.4) is 0 Å². The van der Waals surface area contributed by atoms with Crippen LogP contribution in [0.5, 0.6) is 0 Å². The average Bonchev–Trinajstić information content (AvgIpc) is 3.57. The third-order valence-corrected chi connectivity index (χ3v) is 8.09. The third kappa shape index (κ3) is 7.11. The predicted molar refractivity (Wildman–Crippen MR) is 158 cm³/mol. The highest BCUT2D eigenvalue weighted by Crippen LogP contribution is 2.28. The number of benzene rings is 2. The van der Waals surface area contributed by atoms with E-state index in [0.717, 1.165) is 15.7 Å². The molecule has 2 N–H and O–H groups in total. The first-order chi connectivity index (χ1) is 19.2. The fourth-order valence-electron chi connectivity index (χ4n) is 3.82. The van der Waals surface area contributed by atoms with E-state index >= 15 is 0 Å².